The molecule has 4 rings (SSSR count). The van der Waals surface area contributed by atoms with Crippen LogP contribution in [0, 0.1) is 0 Å². The Morgan fingerprint density at radius 3 is 2.50 bits per heavy atom. The Hall–Kier alpha value is -3.39. The quantitative estimate of drug-likeness (QED) is 0.497. The van der Waals surface area contributed by atoms with Crippen molar-refractivity contribution in [3.05, 3.63) is 65.7 Å². The Balaban J connectivity index is 1.34. The zero-order chi connectivity index (χ0) is 24.1. The number of anilines is 1. The molecule has 8 heteroatoms. The highest BCUT2D eigenvalue weighted by atomic mass is 32.1. The number of aromatic nitrogens is 1. The van der Waals surface area contributed by atoms with Gasteiger partial charge in [0.25, 0.3) is 5.91 Å². The van der Waals surface area contributed by atoms with Gasteiger partial charge in [-0.05, 0) is 45.0 Å². The van der Waals surface area contributed by atoms with Gasteiger partial charge in [0, 0.05) is 37.2 Å². The molecule has 0 atom stereocenters. The molecule has 1 aliphatic heterocycles. The second kappa shape index (κ2) is 10.3. The number of likely N-dealkylation sites (tertiary alicyclic amines) is 1. The van der Waals surface area contributed by atoms with Crippen molar-refractivity contribution in [1.29, 1.82) is 0 Å². The van der Waals surface area contributed by atoms with E-state index in [2.05, 4.69) is 10.3 Å². The molecular weight excluding hydrogens is 450 g/mol. The first-order chi connectivity index (χ1) is 16.3. The van der Waals surface area contributed by atoms with Gasteiger partial charge in [-0.2, -0.15) is 0 Å². The van der Waals surface area contributed by atoms with Gasteiger partial charge in [0.1, 0.15) is 27.3 Å². The Kier molecular flexibility index (Phi) is 7.17. The largest absolute Gasteiger partial charge is 0.490 e. The Bertz CT molecular complexity index is 1130. The SMILES string of the molecule is CC(C)(C)OC(=O)N1CCC(Oc2cccc(-c3ncc(C(=O)Nc4ccccc4)s3)c2)CC1. The molecule has 0 unspecified atom stereocenters. The number of nitrogens with one attached hydrogen (secondary N) is 1. The molecular formula is C26H29N3O4S. The van der Waals surface area contributed by atoms with Crippen molar-refractivity contribution in [2.24, 2.45) is 0 Å². The molecule has 0 radical (unpaired) electrons. The number of rotatable bonds is 5. The van der Waals surface area contributed by atoms with Crippen molar-refractivity contribution in [3.8, 4) is 16.3 Å². The summed E-state index contributed by atoms with van der Waals surface area (Å²) in [6.07, 6.45) is 2.83. The van der Waals surface area contributed by atoms with Gasteiger partial charge < -0.3 is 19.7 Å². The number of amides is 2. The summed E-state index contributed by atoms with van der Waals surface area (Å²) < 4.78 is 11.7. The average Bonchev–Trinajstić information content (AvgIpc) is 3.30. The molecule has 0 saturated carbocycles. The number of nitrogens with zero attached hydrogens (tertiary/aromatic N) is 2. The molecule has 1 fully saturated rings. The van der Waals surface area contributed by atoms with E-state index in [1.807, 2.05) is 75.4 Å². The molecule has 0 aliphatic carbocycles. The van der Waals surface area contributed by atoms with Crippen LogP contribution in [0.15, 0.2) is 60.8 Å². The van der Waals surface area contributed by atoms with E-state index in [1.165, 1.54) is 11.3 Å². The number of hydrogen-bond acceptors (Lipinski definition) is 6. The Morgan fingerprint density at radius 2 is 1.79 bits per heavy atom. The van der Waals surface area contributed by atoms with E-state index in [0.717, 1.165) is 34.8 Å². The van der Waals surface area contributed by atoms with E-state index in [-0.39, 0.29) is 18.1 Å². The second-order valence-corrected chi connectivity index (χ2v) is 10.2. The number of para-hydroxylation sites is 1. The predicted octanol–water partition coefficient (Wildman–Crippen LogP) is 5.84. The molecule has 0 bridgehead atoms. The number of ether oxygens (including phenoxy) is 2. The van der Waals surface area contributed by atoms with E-state index in [4.69, 9.17) is 9.47 Å². The van der Waals surface area contributed by atoms with Crippen molar-refractivity contribution in [3.63, 3.8) is 0 Å². The van der Waals surface area contributed by atoms with Crippen molar-refractivity contribution in [1.82, 2.24) is 9.88 Å². The van der Waals surface area contributed by atoms with Crippen LogP contribution in [-0.2, 0) is 4.74 Å². The van der Waals surface area contributed by atoms with E-state index in [1.54, 1.807) is 11.1 Å². The number of carbonyl (C=O) groups is 2. The smallest absolute Gasteiger partial charge is 0.410 e. The van der Waals surface area contributed by atoms with Crippen LogP contribution in [0.5, 0.6) is 5.75 Å². The molecule has 1 aromatic heterocycles. The summed E-state index contributed by atoms with van der Waals surface area (Å²) >= 11 is 1.34. The third-order valence-corrected chi connectivity index (χ3v) is 6.28. The zero-order valence-electron chi connectivity index (χ0n) is 19.6. The minimum Gasteiger partial charge on any atom is -0.490 e. The molecule has 2 amide bonds. The molecule has 3 aromatic rings. The summed E-state index contributed by atoms with van der Waals surface area (Å²) in [5.41, 5.74) is 1.14. The molecule has 1 saturated heterocycles. The van der Waals surface area contributed by atoms with Crippen LogP contribution < -0.4 is 10.1 Å². The molecule has 2 aromatic carbocycles. The van der Waals surface area contributed by atoms with E-state index < -0.39 is 5.60 Å². The molecule has 34 heavy (non-hydrogen) atoms. The topological polar surface area (TPSA) is 80.8 Å². The molecule has 178 valence electrons. The van der Waals surface area contributed by atoms with Gasteiger partial charge in [0.2, 0.25) is 0 Å². The number of carbonyl (C=O) groups excluding carboxylic acids is 2. The number of thiazole rings is 1. The van der Waals surface area contributed by atoms with Crippen molar-refractivity contribution >= 4 is 29.0 Å². The van der Waals surface area contributed by atoms with Gasteiger partial charge in [-0.25, -0.2) is 9.78 Å². The van der Waals surface area contributed by atoms with Gasteiger partial charge in [0.15, 0.2) is 0 Å². The van der Waals surface area contributed by atoms with Gasteiger partial charge >= 0.3 is 6.09 Å². The fourth-order valence-corrected chi connectivity index (χ4v) is 4.41. The summed E-state index contributed by atoms with van der Waals surface area (Å²) in [6, 6.07) is 17.1. The molecule has 7 nitrogen and oxygen atoms in total. The standard InChI is InChI=1S/C26H29N3O4S/c1-26(2,3)33-25(31)29-14-12-20(13-15-29)32-21-11-7-8-18(16-21)24-27-17-22(34-24)23(30)28-19-9-5-4-6-10-19/h4-11,16-17,20H,12-15H2,1-3H3,(H,28,30). The Labute approximate surface area is 203 Å². The molecule has 0 spiro atoms. The van der Waals surface area contributed by atoms with Crippen molar-refractivity contribution in [2.75, 3.05) is 18.4 Å². The lowest BCUT2D eigenvalue weighted by atomic mass is 10.1. The van der Waals surface area contributed by atoms with Crippen LogP contribution in [-0.4, -0.2) is 46.7 Å². The first-order valence-corrected chi connectivity index (χ1v) is 12.2. The van der Waals surface area contributed by atoms with Crippen LogP contribution in [0.2, 0.25) is 0 Å². The summed E-state index contributed by atoms with van der Waals surface area (Å²) in [6.45, 7) is 6.82. The fraction of sp³-hybridized carbons (Fsp3) is 0.346. The summed E-state index contributed by atoms with van der Waals surface area (Å²) in [5, 5.41) is 3.64. The van der Waals surface area contributed by atoms with E-state index in [0.29, 0.717) is 18.0 Å². The number of benzene rings is 2. The lowest BCUT2D eigenvalue weighted by molar-refractivity contribution is 0.0126. The lowest BCUT2D eigenvalue weighted by Gasteiger charge is -2.33. The predicted molar refractivity (Wildman–Crippen MR) is 133 cm³/mol. The Morgan fingerprint density at radius 1 is 1.06 bits per heavy atom. The molecule has 2 heterocycles. The lowest BCUT2D eigenvalue weighted by Crippen LogP contribution is -2.44. The van der Waals surface area contributed by atoms with E-state index in [9.17, 15) is 9.59 Å². The van der Waals surface area contributed by atoms with Crippen LogP contribution in [0.1, 0.15) is 43.3 Å². The highest BCUT2D eigenvalue weighted by Crippen LogP contribution is 2.30. The summed E-state index contributed by atoms with van der Waals surface area (Å²) in [4.78, 5) is 31.5. The van der Waals surface area contributed by atoms with Gasteiger partial charge in [0.05, 0.1) is 6.20 Å². The summed E-state index contributed by atoms with van der Waals surface area (Å²) in [7, 11) is 0. The third kappa shape index (κ3) is 6.35. The minimum atomic E-state index is -0.497. The number of piperidine rings is 1. The first-order valence-electron chi connectivity index (χ1n) is 11.3. The number of hydrogen-bond donors (Lipinski definition) is 1. The maximum Gasteiger partial charge on any atom is 0.410 e. The van der Waals surface area contributed by atoms with Crippen molar-refractivity contribution in [2.45, 2.75) is 45.3 Å². The van der Waals surface area contributed by atoms with Crippen LogP contribution in [0.3, 0.4) is 0 Å². The average molecular weight is 480 g/mol. The van der Waals surface area contributed by atoms with Crippen molar-refractivity contribution < 1.29 is 19.1 Å². The zero-order valence-corrected chi connectivity index (χ0v) is 20.4. The maximum atomic E-state index is 12.5. The molecule has 1 aliphatic rings. The molecule has 1 N–H and O–H groups in total. The second-order valence-electron chi connectivity index (χ2n) is 9.16. The van der Waals surface area contributed by atoms with Crippen LogP contribution in [0.4, 0.5) is 10.5 Å². The summed E-state index contributed by atoms with van der Waals surface area (Å²) in [5.74, 6) is 0.567. The normalized spacial score (nSPS) is 14.5. The maximum absolute atomic E-state index is 12.5. The third-order valence-electron chi connectivity index (χ3n) is 5.24. The van der Waals surface area contributed by atoms with Gasteiger partial charge in [-0.15, -0.1) is 11.3 Å². The van der Waals surface area contributed by atoms with Gasteiger partial charge in [-0.1, -0.05) is 30.3 Å². The monoisotopic (exact) mass is 479 g/mol. The van der Waals surface area contributed by atoms with Gasteiger partial charge in [-0.3, -0.25) is 4.79 Å². The first kappa shape index (κ1) is 23.8. The minimum absolute atomic E-state index is 0.0254. The fourth-order valence-electron chi connectivity index (χ4n) is 3.60. The van der Waals surface area contributed by atoms with E-state index >= 15 is 0 Å². The highest BCUT2D eigenvalue weighted by molar-refractivity contribution is 7.17. The van der Waals surface area contributed by atoms with Crippen LogP contribution >= 0.6 is 11.3 Å². The highest BCUT2D eigenvalue weighted by Gasteiger charge is 2.27. The van der Waals surface area contributed by atoms with Crippen LogP contribution in [0.25, 0.3) is 10.6 Å².